The number of likely N-dealkylation sites (tertiary alicyclic amines) is 1. The van der Waals surface area contributed by atoms with Crippen LogP contribution in [0.1, 0.15) is 91.4 Å². The Hall–Kier alpha value is -6.27. The summed E-state index contributed by atoms with van der Waals surface area (Å²) < 4.78 is 0. The zero-order chi connectivity index (χ0) is 46.2. The molecular formula is C36H64N14O11. The van der Waals surface area contributed by atoms with E-state index < -0.39 is 102 Å². The molecule has 1 fully saturated rings. The monoisotopic (exact) mass is 868 g/mol. The zero-order valence-corrected chi connectivity index (χ0v) is 34.9. The van der Waals surface area contributed by atoms with Gasteiger partial charge >= 0.3 is 11.9 Å². The number of nitrogens with one attached hydrogen (secondary N) is 6. The van der Waals surface area contributed by atoms with E-state index in [0.29, 0.717) is 25.7 Å². The summed E-state index contributed by atoms with van der Waals surface area (Å²) in [6.07, 6.45) is 1.12. The number of carboxylic acids is 2. The maximum absolute atomic E-state index is 14.0. The lowest BCUT2D eigenvalue weighted by Gasteiger charge is -2.30. The van der Waals surface area contributed by atoms with Crippen LogP contribution in [0.5, 0.6) is 0 Å². The summed E-state index contributed by atoms with van der Waals surface area (Å²) in [7, 11) is 0. The second-order valence-corrected chi connectivity index (χ2v) is 14.4. The topological polar surface area (TPSA) is 424 Å². The smallest absolute Gasteiger partial charge is 0.326 e. The van der Waals surface area contributed by atoms with E-state index in [4.69, 9.17) is 28.7 Å². The lowest BCUT2D eigenvalue weighted by atomic mass is 10.0. The summed E-state index contributed by atoms with van der Waals surface area (Å²) in [5.41, 5.74) is 26.9. The molecule has 0 aromatic rings. The highest BCUT2D eigenvalue weighted by Gasteiger charge is 2.39. The standard InChI is InChI=1S/C36H64N14O11/c1-4-21(46-30(56)22(45-20(3)51)11-7-15-42-35(38)39)29(55)49-25(18-27(52)53)31(57)47-23(10-5-6-14-37)33(59)50-17-9-13-26(50)32(58)44-19(2)28(54)48-24(34(60)61)12-8-16-43-36(40)41/h19,21-26H,4-18,37H2,1-3H3,(H,44,58)(H,45,51)(H,46,56)(H,47,57)(H,48,54)(H,49,55)(H,52,53)(H,60,61)(H4,38,39,42)(H4,40,41,43)/t19-,21-,22-,23-,24-,25-,26-/m0/s1. The highest BCUT2D eigenvalue weighted by Crippen LogP contribution is 2.20. The van der Waals surface area contributed by atoms with Gasteiger partial charge in [0.1, 0.15) is 42.3 Å². The van der Waals surface area contributed by atoms with Crippen molar-refractivity contribution in [1.82, 2.24) is 36.8 Å². The molecule has 0 aliphatic carbocycles. The molecule has 1 rings (SSSR count). The van der Waals surface area contributed by atoms with E-state index in [1.807, 2.05) is 0 Å². The molecule has 0 unspecified atom stereocenters. The van der Waals surface area contributed by atoms with Gasteiger partial charge in [0.15, 0.2) is 11.9 Å². The zero-order valence-electron chi connectivity index (χ0n) is 34.9. The first kappa shape index (κ1) is 52.7. The molecule has 25 heteroatoms. The fourth-order valence-corrected chi connectivity index (χ4v) is 6.26. The molecule has 1 heterocycles. The molecule has 344 valence electrons. The van der Waals surface area contributed by atoms with Crippen LogP contribution < -0.4 is 60.6 Å². The Morgan fingerprint density at radius 2 is 1.18 bits per heavy atom. The average Bonchev–Trinajstić information content (AvgIpc) is 3.68. The Morgan fingerprint density at radius 1 is 0.672 bits per heavy atom. The fraction of sp³-hybridized carbons (Fsp3) is 0.694. The van der Waals surface area contributed by atoms with Gasteiger partial charge in [-0.05, 0) is 77.7 Å². The van der Waals surface area contributed by atoms with Crippen LogP contribution in [0.3, 0.4) is 0 Å². The highest BCUT2D eigenvalue weighted by molar-refractivity contribution is 5.98. The molecule has 0 spiro atoms. The number of carboxylic acid groups (broad SMARTS) is 2. The number of nitrogens with zero attached hydrogens (tertiary/aromatic N) is 3. The van der Waals surface area contributed by atoms with Gasteiger partial charge in [0, 0.05) is 26.6 Å². The number of carbonyl (C=O) groups is 9. The van der Waals surface area contributed by atoms with Gasteiger partial charge < -0.3 is 75.7 Å². The second-order valence-electron chi connectivity index (χ2n) is 14.4. The SMILES string of the molecule is CC[C@H](NC(=O)[C@H](CCCN=C(N)N)NC(C)=O)C(=O)N[C@@H](CC(=O)O)C(=O)N[C@@H](CCCCN)C(=O)N1CCC[C@H]1C(=O)N[C@@H](C)C(=O)N[C@@H](CCCN=C(N)N)C(=O)O. The summed E-state index contributed by atoms with van der Waals surface area (Å²) in [6, 6.07) is -8.96. The number of amides is 7. The van der Waals surface area contributed by atoms with E-state index in [-0.39, 0.29) is 76.6 Å². The predicted molar refractivity (Wildman–Crippen MR) is 221 cm³/mol. The lowest BCUT2D eigenvalue weighted by Crippen LogP contribution is -2.59. The minimum atomic E-state index is -1.72. The minimum Gasteiger partial charge on any atom is -0.481 e. The fourth-order valence-electron chi connectivity index (χ4n) is 6.26. The van der Waals surface area contributed by atoms with Crippen LogP contribution in [0.2, 0.25) is 0 Å². The van der Waals surface area contributed by atoms with E-state index in [2.05, 4.69) is 41.9 Å². The van der Waals surface area contributed by atoms with Crippen molar-refractivity contribution in [2.75, 3.05) is 26.2 Å². The number of guanidine groups is 2. The van der Waals surface area contributed by atoms with Gasteiger partial charge in [-0.2, -0.15) is 0 Å². The van der Waals surface area contributed by atoms with Crippen molar-refractivity contribution in [2.24, 2.45) is 38.7 Å². The molecule has 61 heavy (non-hydrogen) atoms. The average molecular weight is 869 g/mol. The van der Waals surface area contributed by atoms with E-state index in [1.165, 1.54) is 18.7 Å². The third kappa shape index (κ3) is 20.0. The Kier molecular flexibility index (Phi) is 23.8. The van der Waals surface area contributed by atoms with E-state index in [0.717, 1.165) is 0 Å². The van der Waals surface area contributed by atoms with E-state index in [9.17, 15) is 53.4 Å². The number of aliphatic carboxylic acids is 2. The van der Waals surface area contributed by atoms with Crippen LogP contribution >= 0.6 is 0 Å². The molecule has 0 bridgehead atoms. The molecule has 0 radical (unpaired) electrons. The lowest BCUT2D eigenvalue weighted by molar-refractivity contribution is -0.144. The molecule has 1 saturated heterocycles. The molecular weight excluding hydrogens is 804 g/mol. The van der Waals surface area contributed by atoms with Gasteiger partial charge in [0.2, 0.25) is 41.4 Å². The Balaban J connectivity index is 3.15. The van der Waals surface area contributed by atoms with Crippen LogP contribution in [0.4, 0.5) is 0 Å². The van der Waals surface area contributed by atoms with Crippen molar-refractivity contribution < 1.29 is 53.4 Å². The Morgan fingerprint density at radius 3 is 1.70 bits per heavy atom. The van der Waals surface area contributed by atoms with Crippen molar-refractivity contribution in [1.29, 1.82) is 0 Å². The van der Waals surface area contributed by atoms with Crippen LogP contribution in [-0.4, -0.2) is 149 Å². The van der Waals surface area contributed by atoms with Crippen molar-refractivity contribution >= 4 is 65.2 Å². The summed E-state index contributed by atoms with van der Waals surface area (Å²) in [4.78, 5) is 125. The number of rotatable bonds is 28. The number of aliphatic imine (C=N–C) groups is 2. The number of nitrogens with two attached hydrogens (primary N) is 5. The summed E-state index contributed by atoms with van der Waals surface area (Å²) in [5.74, 6) is -8.50. The summed E-state index contributed by atoms with van der Waals surface area (Å²) in [6.45, 7) is 4.74. The first-order valence-electron chi connectivity index (χ1n) is 20.1. The number of hydrogen-bond donors (Lipinski definition) is 13. The van der Waals surface area contributed by atoms with Gasteiger partial charge in [-0.1, -0.05) is 6.92 Å². The molecule has 1 aliphatic rings. The number of hydrogen-bond acceptors (Lipinski definition) is 12. The quantitative estimate of drug-likeness (QED) is 0.0199. The van der Waals surface area contributed by atoms with Gasteiger partial charge in [0.25, 0.3) is 0 Å². The predicted octanol–water partition coefficient (Wildman–Crippen LogP) is -4.87. The van der Waals surface area contributed by atoms with Crippen molar-refractivity contribution in [3.8, 4) is 0 Å². The maximum atomic E-state index is 14.0. The minimum absolute atomic E-state index is 0.000494. The van der Waals surface area contributed by atoms with E-state index >= 15 is 0 Å². The molecule has 0 aromatic heterocycles. The maximum Gasteiger partial charge on any atom is 0.326 e. The third-order valence-corrected chi connectivity index (χ3v) is 9.40. The Labute approximate surface area is 353 Å². The first-order valence-corrected chi connectivity index (χ1v) is 20.1. The van der Waals surface area contributed by atoms with Crippen LogP contribution in [-0.2, 0) is 43.2 Å². The largest absolute Gasteiger partial charge is 0.481 e. The number of unbranched alkanes of at least 4 members (excludes halogenated alkanes) is 1. The molecule has 0 aromatic carbocycles. The normalized spacial score (nSPS) is 16.2. The van der Waals surface area contributed by atoms with Crippen molar-refractivity contribution in [3.05, 3.63) is 0 Å². The molecule has 0 saturated carbocycles. The second kappa shape index (κ2) is 27.5. The summed E-state index contributed by atoms with van der Waals surface area (Å²) >= 11 is 0. The molecule has 1 aliphatic heterocycles. The molecule has 25 nitrogen and oxygen atoms in total. The van der Waals surface area contributed by atoms with Gasteiger partial charge in [0.05, 0.1) is 6.42 Å². The first-order chi connectivity index (χ1) is 28.7. The third-order valence-electron chi connectivity index (χ3n) is 9.40. The van der Waals surface area contributed by atoms with Crippen LogP contribution in [0.15, 0.2) is 9.98 Å². The molecule has 7 atom stereocenters. The summed E-state index contributed by atoms with van der Waals surface area (Å²) in [5, 5.41) is 34.0. The van der Waals surface area contributed by atoms with Gasteiger partial charge in [-0.15, -0.1) is 0 Å². The number of carbonyl (C=O) groups excluding carboxylic acids is 7. The molecule has 7 amide bonds. The Bertz CT molecular complexity index is 1600. The molecule has 18 N–H and O–H groups in total. The highest BCUT2D eigenvalue weighted by atomic mass is 16.4. The van der Waals surface area contributed by atoms with Crippen LogP contribution in [0, 0.1) is 0 Å². The van der Waals surface area contributed by atoms with E-state index in [1.54, 1.807) is 6.92 Å². The van der Waals surface area contributed by atoms with Crippen LogP contribution in [0.25, 0.3) is 0 Å². The van der Waals surface area contributed by atoms with Crippen molar-refractivity contribution in [2.45, 2.75) is 134 Å². The van der Waals surface area contributed by atoms with Crippen molar-refractivity contribution in [3.63, 3.8) is 0 Å². The van der Waals surface area contributed by atoms with Gasteiger partial charge in [-0.25, -0.2) is 4.79 Å². The van der Waals surface area contributed by atoms with Gasteiger partial charge in [-0.3, -0.25) is 48.3 Å².